The van der Waals surface area contributed by atoms with Gasteiger partial charge in [-0.1, -0.05) is 12.1 Å². The summed E-state index contributed by atoms with van der Waals surface area (Å²) < 4.78 is 13.2. The molecule has 2 aromatic heterocycles. The van der Waals surface area contributed by atoms with Gasteiger partial charge in [-0.2, -0.15) is 0 Å². The number of nitrogens with zero attached hydrogens (tertiary/aromatic N) is 4. The van der Waals surface area contributed by atoms with Crippen molar-refractivity contribution >= 4 is 28.2 Å². The molecule has 5 nitrogen and oxygen atoms in total. The zero-order valence-electron chi connectivity index (χ0n) is 17.8. The summed E-state index contributed by atoms with van der Waals surface area (Å²) in [5.74, 6) is -0.180. The van der Waals surface area contributed by atoms with Crippen molar-refractivity contribution in [1.29, 1.82) is 0 Å². The molecule has 1 saturated heterocycles. The zero-order chi connectivity index (χ0) is 21.4. The van der Waals surface area contributed by atoms with Gasteiger partial charge in [-0.25, -0.2) is 9.37 Å². The first-order chi connectivity index (χ1) is 15.1. The fraction of sp³-hybridized carbons (Fsp3) is 0.333. The maximum Gasteiger partial charge on any atom is 0.124 e. The van der Waals surface area contributed by atoms with E-state index in [0.717, 1.165) is 64.4 Å². The molecule has 1 aromatic carbocycles. The van der Waals surface area contributed by atoms with Crippen molar-refractivity contribution in [2.24, 2.45) is 0 Å². The van der Waals surface area contributed by atoms with Crippen LogP contribution in [0.15, 0.2) is 42.6 Å². The Morgan fingerprint density at radius 2 is 2.03 bits per heavy atom. The molecule has 0 saturated carbocycles. The number of aromatic nitrogens is 2. The minimum absolute atomic E-state index is 0.180. The van der Waals surface area contributed by atoms with Gasteiger partial charge in [0.15, 0.2) is 0 Å². The van der Waals surface area contributed by atoms with Crippen LogP contribution in [0.2, 0.25) is 0 Å². The van der Waals surface area contributed by atoms with E-state index in [4.69, 9.17) is 9.97 Å². The molecule has 2 aliphatic heterocycles. The molecule has 0 spiro atoms. The minimum Gasteiger partial charge on any atom is -0.365 e. The van der Waals surface area contributed by atoms with Crippen LogP contribution >= 0.6 is 11.3 Å². The number of halogens is 1. The molecule has 3 aromatic rings. The zero-order valence-corrected chi connectivity index (χ0v) is 18.6. The SMILES string of the molecule is Cc1nc2c(s1)NC=c1cccnc1=C2N1CCN(C)C(CCc2ccc(F)cc2)C1. The molecule has 7 heteroatoms. The Kier molecular flexibility index (Phi) is 5.46. The Hall–Kier alpha value is -2.77. The molecule has 0 bridgehead atoms. The van der Waals surface area contributed by atoms with Crippen molar-refractivity contribution in [3.05, 3.63) is 75.2 Å². The third-order valence-corrected chi connectivity index (χ3v) is 7.06. The summed E-state index contributed by atoms with van der Waals surface area (Å²) in [6, 6.07) is 11.4. The molecule has 31 heavy (non-hydrogen) atoms. The van der Waals surface area contributed by atoms with Gasteiger partial charge in [-0.3, -0.25) is 9.88 Å². The second-order valence-electron chi connectivity index (χ2n) is 8.23. The van der Waals surface area contributed by atoms with E-state index < -0.39 is 0 Å². The fourth-order valence-electron chi connectivity index (χ4n) is 4.42. The Labute approximate surface area is 185 Å². The third kappa shape index (κ3) is 4.07. The second kappa shape index (κ2) is 8.40. The number of nitrogens with one attached hydrogen (secondary N) is 1. The maximum atomic E-state index is 13.2. The Morgan fingerprint density at radius 3 is 2.87 bits per heavy atom. The number of piperazine rings is 1. The van der Waals surface area contributed by atoms with E-state index in [1.165, 1.54) is 5.56 Å². The van der Waals surface area contributed by atoms with Crippen LogP contribution in [-0.4, -0.2) is 52.5 Å². The first-order valence-corrected chi connectivity index (χ1v) is 11.5. The standard InChI is InChI=1S/C24H26FN5S/c1-16-28-22-23(21-18(4-3-11-26-21)14-27-24(22)31-16)30-13-12-29(2)20(15-30)10-7-17-5-8-19(25)9-6-17/h3-6,8-9,11,14,20,27H,7,10,12-13,15H2,1-2H3. The van der Waals surface area contributed by atoms with Gasteiger partial charge in [0.1, 0.15) is 16.5 Å². The molecule has 1 N–H and O–H groups in total. The number of anilines is 1. The van der Waals surface area contributed by atoms with E-state index in [0.29, 0.717) is 6.04 Å². The van der Waals surface area contributed by atoms with Crippen molar-refractivity contribution in [2.75, 3.05) is 32.0 Å². The van der Waals surface area contributed by atoms with E-state index >= 15 is 0 Å². The molecular weight excluding hydrogens is 409 g/mol. The number of benzene rings is 1. The third-order valence-electron chi connectivity index (χ3n) is 6.15. The van der Waals surface area contributed by atoms with Crippen molar-refractivity contribution in [3.8, 4) is 0 Å². The van der Waals surface area contributed by atoms with Gasteiger partial charge in [-0.15, -0.1) is 11.3 Å². The lowest BCUT2D eigenvalue weighted by Gasteiger charge is -2.41. The van der Waals surface area contributed by atoms with Crippen LogP contribution < -0.4 is 15.9 Å². The number of aryl methyl sites for hydroxylation is 2. The van der Waals surface area contributed by atoms with Gasteiger partial charge >= 0.3 is 0 Å². The molecule has 0 aliphatic carbocycles. The van der Waals surface area contributed by atoms with Crippen LogP contribution in [0.4, 0.5) is 9.39 Å². The Bertz CT molecular complexity index is 1200. The highest BCUT2D eigenvalue weighted by atomic mass is 32.1. The van der Waals surface area contributed by atoms with Gasteiger partial charge < -0.3 is 10.2 Å². The van der Waals surface area contributed by atoms with Gasteiger partial charge in [0.05, 0.1) is 16.1 Å². The molecule has 160 valence electrons. The van der Waals surface area contributed by atoms with E-state index in [1.807, 2.05) is 37.5 Å². The molecule has 1 fully saturated rings. The van der Waals surface area contributed by atoms with Gasteiger partial charge in [0, 0.05) is 43.3 Å². The molecule has 2 aliphatic rings. The van der Waals surface area contributed by atoms with Gasteiger partial charge in [-0.05, 0) is 56.6 Å². The summed E-state index contributed by atoms with van der Waals surface area (Å²) >= 11 is 1.68. The van der Waals surface area contributed by atoms with Crippen LogP contribution in [0.3, 0.4) is 0 Å². The summed E-state index contributed by atoms with van der Waals surface area (Å²) in [5.41, 5.74) is 3.30. The normalized spacial score (nSPS) is 18.6. The lowest BCUT2D eigenvalue weighted by Crippen LogP contribution is -2.52. The van der Waals surface area contributed by atoms with E-state index in [-0.39, 0.29) is 5.82 Å². The summed E-state index contributed by atoms with van der Waals surface area (Å²) in [4.78, 5) is 14.5. The van der Waals surface area contributed by atoms with E-state index in [9.17, 15) is 4.39 Å². The van der Waals surface area contributed by atoms with Crippen molar-refractivity contribution in [1.82, 2.24) is 19.8 Å². The summed E-state index contributed by atoms with van der Waals surface area (Å²) in [5, 5.41) is 7.64. The molecule has 5 rings (SSSR count). The predicted octanol–water partition coefficient (Wildman–Crippen LogP) is 2.55. The first kappa shape index (κ1) is 20.2. The maximum absolute atomic E-state index is 13.2. The Morgan fingerprint density at radius 1 is 1.19 bits per heavy atom. The highest BCUT2D eigenvalue weighted by Gasteiger charge is 2.29. The van der Waals surface area contributed by atoms with Crippen LogP contribution in [0.25, 0.3) is 11.9 Å². The van der Waals surface area contributed by atoms with Crippen LogP contribution in [0.5, 0.6) is 0 Å². The number of likely N-dealkylation sites (N-methyl/N-ethyl adjacent to an activating group) is 1. The number of fused-ring (bicyclic) bond motifs is 2. The number of pyridine rings is 1. The van der Waals surface area contributed by atoms with Gasteiger partial charge in [0.2, 0.25) is 0 Å². The summed E-state index contributed by atoms with van der Waals surface area (Å²) in [7, 11) is 2.20. The lowest BCUT2D eigenvalue weighted by molar-refractivity contribution is 0.127. The predicted molar refractivity (Wildman–Crippen MR) is 124 cm³/mol. The van der Waals surface area contributed by atoms with E-state index in [2.05, 4.69) is 28.2 Å². The number of hydrogen-bond acceptors (Lipinski definition) is 6. The highest BCUT2D eigenvalue weighted by Crippen LogP contribution is 2.32. The largest absolute Gasteiger partial charge is 0.365 e. The van der Waals surface area contributed by atoms with Crippen LogP contribution in [-0.2, 0) is 6.42 Å². The average Bonchev–Trinajstić information content (AvgIpc) is 3.07. The average molecular weight is 436 g/mol. The molecular formula is C24H26FN5S. The number of thiazole rings is 1. The monoisotopic (exact) mass is 435 g/mol. The molecule has 4 heterocycles. The molecule has 0 amide bonds. The minimum atomic E-state index is -0.180. The molecule has 0 radical (unpaired) electrons. The quantitative estimate of drug-likeness (QED) is 0.683. The van der Waals surface area contributed by atoms with Crippen LogP contribution in [0, 0.1) is 12.7 Å². The fourth-order valence-corrected chi connectivity index (χ4v) is 5.21. The topological polar surface area (TPSA) is 44.3 Å². The molecule has 1 atom stereocenters. The van der Waals surface area contributed by atoms with Crippen molar-refractivity contribution < 1.29 is 4.39 Å². The van der Waals surface area contributed by atoms with Crippen molar-refractivity contribution in [3.63, 3.8) is 0 Å². The smallest absolute Gasteiger partial charge is 0.124 e. The number of hydrogen-bond donors (Lipinski definition) is 1. The second-order valence-corrected chi connectivity index (χ2v) is 9.44. The van der Waals surface area contributed by atoms with Crippen molar-refractivity contribution in [2.45, 2.75) is 25.8 Å². The van der Waals surface area contributed by atoms with Crippen LogP contribution in [0.1, 0.15) is 22.7 Å². The number of rotatable bonds is 4. The van der Waals surface area contributed by atoms with Gasteiger partial charge in [0.25, 0.3) is 0 Å². The summed E-state index contributed by atoms with van der Waals surface area (Å²) in [6.45, 7) is 4.88. The lowest BCUT2D eigenvalue weighted by atomic mass is 10.0. The highest BCUT2D eigenvalue weighted by molar-refractivity contribution is 7.16. The molecule has 1 unspecified atom stereocenters. The van der Waals surface area contributed by atoms with E-state index in [1.54, 1.807) is 23.5 Å². The first-order valence-electron chi connectivity index (χ1n) is 10.7. The Balaban J connectivity index is 1.47. The summed E-state index contributed by atoms with van der Waals surface area (Å²) in [6.07, 6.45) is 5.85.